The Balaban J connectivity index is 2.56. The van der Waals surface area contributed by atoms with E-state index in [0.717, 1.165) is 17.8 Å². The summed E-state index contributed by atoms with van der Waals surface area (Å²) in [6, 6.07) is 4.41. The molecule has 0 unspecified atom stereocenters. The van der Waals surface area contributed by atoms with Crippen LogP contribution in [0.2, 0.25) is 0 Å². The summed E-state index contributed by atoms with van der Waals surface area (Å²) in [5.41, 5.74) is 14.1. The third-order valence-corrected chi connectivity index (χ3v) is 3.42. The van der Waals surface area contributed by atoms with Gasteiger partial charge in [-0.25, -0.2) is 0 Å². The first kappa shape index (κ1) is 12.8. The van der Waals surface area contributed by atoms with Crippen LogP contribution in [0.15, 0.2) is 12.1 Å². The molecule has 0 atom stereocenters. The largest absolute Gasteiger partial charge is 0.330 e. The van der Waals surface area contributed by atoms with Crippen molar-refractivity contribution in [1.29, 1.82) is 0 Å². The van der Waals surface area contributed by atoms with Gasteiger partial charge in [-0.3, -0.25) is 5.10 Å². The van der Waals surface area contributed by atoms with E-state index in [4.69, 9.17) is 5.73 Å². The van der Waals surface area contributed by atoms with Gasteiger partial charge in [0.25, 0.3) is 0 Å². The fourth-order valence-corrected chi connectivity index (χ4v) is 2.62. The van der Waals surface area contributed by atoms with Gasteiger partial charge in [-0.15, -0.1) is 0 Å². The molecule has 3 nitrogen and oxygen atoms in total. The molecule has 0 radical (unpaired) electrons. The maximum absolute atomic E-state index is 5.61. The zero-order valence-electron chi connectivity index (χ0n) is 11.6. The van der Waals surface area contributed by atoms with E-state index in [2.05, 4.69) is 50.0 Å². The third-order valence-electron chi connectivity index (χ3n) is 3.42. The Kier molecular flexibility index (Phi) is 3.53. The van der Waals surface area contributed by atoms with Crippen molar-refractivity contribution in [3.63, 3.8) is 0 Å². The van der Waals surface area contributed by atoms with E-state index in [9.17, 15) is 0 Å². The van der Waals surface area contributed by atoms with Crippen LogP contribution in [0.4, 0.5) is 0 Å². The van der Waals surface area contributed by atoms with E-state index < -0.39 is 0 Å². The van der Waals surface area contributed by atoms with Crippen molar-refractivity contribution in [2.75, 3.05) is 6.54 Å². The molecule has 1 heterocycles. The first-order valence-corrected chi connectivity index (χ1v) is 6.36. The summed E-state index contributed by atoms with van der Waals surface area (Å²) in [4.78, 5) is 0. The molecule has 1 aromatic carbocycles. The van der Waals surface area contributed by atoms with Crippen molar-refractivity contribution in [3.8, 4) is 11.3 Å². The first-order valence-electron chi connectivity index (χ1n) is 6.36. The van der Waals surface area contributed by atoms with E-state index in [1.54, 1.807) is 0 Å². The molecule has 0 saturated heterocycles. The summed E-state index contributed by atoms with van der Waals surface area (Å²) in [6.07, 6.45) is 0.850. The highest BCUT2D eigenvalue weighted by molar-refractivity contribution is 5.71. The van der Waals surface area contributed by atoms with Crippen LogP contribution >= 0.6 is 0 Å². The van der Waals surface area contributed by atoms with Crippen LogP contribution in [-0.4, -0.2) is 16.7 Å². The number of hydrogen-bond acceptors (Lipinski definition) is 2. The van der Waals surface area contributed by atoms with Crippen LogP contribution in [-0.2, 0) is 6.42 Å². The molecule has 1 aromatic heterocycles. The van der Waals surface area contributed by atoms with Crippen molar-refractivity contribution < 1.29 is 0 Å². The Morgan fingerprint density at radius 2 is 1.72 bits per heavy atom. The number of aromatic amines is 1. The van der Waals surface area contributed by atoms with Crippen LogP contribution in [0.1, 0.15) is 27.9 Å². The molecular weight excluding hydrogens is 222 g/mol. The number of H-pyrrole nitrogens is 1. The Morgan fingerprint density at radius 3 is 2.28 bits per heavy atom. The van der Waals surface area contributed by atoms with Gasteiger partial charge in [-0.05, 0) is 50.9 Å². The average Bonchev–Trinajstić information content (AvgIpc) is 2.61. The van der Waals surface area contributed by atoms with Gasteiger partial charge in [-0.1, -0.05) is 17.7 Å². The van der Waals surface area contributed by atoms with Gasteiger partial charge in [-0.2, -0.15) is 5.10 Å². The number of aromatic nitrogens is 2. The summed E-state index contributed by atoms with van der Waals surface area (Å²) < 4.78 is 0. The number of aryl methyl sites for hydroxylation is 3. The lowest BCUT2D eigenvalue weighted by Gasteiger charge is -2.10. The van der Waals surface area contributed by atoms with Crippen LogP contribution in [0.3, 0.4) is 0 Å². The Morgan fingerprint density at radius 1 is 1.11 bits per heavy atom. The van der Waals surface area contributed by atoms with Crippen molar-refractivity contribution in [2.24, 2.45) is 5.73 Å². The Labute approximate surface area is 108 Å². The number of hydrogen-bond donors (Lipinski definition) is 2. The minimum Gasteiger partial charge on any atom is -0.330 e. The fourth-order valence-electron chi connectivity index (χ4n) is 2.62. The SMILES string of the molecule is Cc1cc(C)c(-c2n[nH]c(CCN)c2C)c(C)c1. The number of nitrogens with one attached hydrogen (secondary N) is 1. The highest BCUT2D eigenvalue weighted by Gasteiger charge is 2.14. The molecule has 0 aliphatic carbocycles. The lowest BCUT2D eigenvalue weighted by atomic mass is 9.95. The van der Waals surface area contributed by atoms with E-state index in [-0.39, 0.29) is 0 Å². The molecule has 2 aromatic rings. The molecule has 0 bridgehead atoms. The average molecular weight is 243 g/mol. The second-order valence-corrected chi connectivity index (χ2v) is 4.99. The summed E-state index contributed by atoms with van der Waals surface area (Å²) in [5, 5.41) is 7.59. The van der Waals surface area contributed by atoms with Gasteiger partial charge >= 0.3 is 0 Å². The molecule has 0 saturated carbocycles. The van der Waals surface area contributed by atoms with Crippen LogP contribution in [0.25, 0.3) is 11.3 Å². The van der Waals surface area contributed by atoms with E-state index >= 15 is 0 Å². The molecule has 3 N–H and O–H groups in total. The zero-order chi connectivity index (χ0) is 13.3. The van der Waals surface area contributed by atoms with Crippen LogP contribution < -0.4 is 5.73 Å². The maximum atomic E-state index is 5.61. The smallest absolute Gasteiger partial charge is 0.0957 e. The second kappa shape index (κ2) is 4.94. The monoisotopic (exact) mass is 243 g/mol. The van der Waals surface area contributed by atoms with Gasteiger partial charge in [0.2, 0.25) is 0 Å². The number of benzene rings is 1. The third kappa shape index (κ3) is 2.18. The predicted octanol–water partition coefficient (Wildman–Crippen LogP) is 2.81. The van der Waals surface area contributed by atoms with Gasteiger partial charge < -0.3 is 5.73 Å². The summed E-state index contributed by atoms with van der Waals surface area (Å²) in [7, 11) is 0. The highest BCUT2D eigenvalue weighted by atomic mass is 15.1. The number of nitrogens with two attached hydrogens (primary N) is 1. The molecule has 96 valence electrons. The van der Waals surface area contributed by atoms with E-state index in [1.807, 2.05) is 0 Å². The van der Waals surface area contributed by atoms with Crippen molar-refractivity contribution in [2.45, 2.75) is 34.1 Å². The molecule has 0 spiro atoms. The molecule has 0 amide bonds. The zero-order valence-corrected chi connectivity index (χ0v) is 11.6. The lowest BCUT2D eigenvalue weighted by molar-refractivity contribution is 0.896. The van der Waals surface area contributed by atoms with Crippen molar-refractivity contribution >= 4 is 0 Å². The van der Waals surface area contributed by atoms with E-state index in [0.29, 0.717) is 6.54 Å². The second-order valence-electron chi connectivity index (χ2n) is 4.99. The predicted molar refractivity (Wildman–Crippen MR) is 75.7 cm³/mol. The van der Waals surface area contributed by atoms with E-state index in [1.165, 1.54) is 27.8 Å². The Bertz CT molecular complexity index is 544. The molecule has 0 aliphatic rings. The summed E-state index contributed by atoms with van der Waals surface area (Å²) in [5.74, 6) is 0. The number of nitrogens with zero attached hydrogens (tertiary/aromatic N) is 1. The van der Waals surface area contributed by atoms with Gasteiger partial charge in [0.15, 0.2) is 0 Å². The van der Waals surface area contributed by atoms with Crippen LogP contribution in [0, 0.1) is 27.7 Å². The van der Waals surface area contributed by atoms with Gasteiger partial charge in [0.1, 0.15) is 0 Å². The quantitative estimate of drug-likeness (QED) is 0.871. The minimum atomic E-state index is 0.647. The molecular formula is C15H21N3. The summed E-state index contributed by atoms with van der Waals surface area (Å²) in [6.45, 7) is 9.18. The molecule has 18 heavy (non-hydrogen) atoms. The lowest BCUT2D eigenvalue weighted by Crippen LogP contribution is -2.04. The van der Waals surface area contributed by atoms with Crippen LogP contribution in [0.5, 0.6) is 0 Å². The first-order chi connectivity index (χ1) is 8.54. The molecule has 2 rings (SSSR count). The van der Waals surface area contributed by atoms with Gasteiger partial charge in [0.05, 0.1) is 5.69 Å². The van der Waals surface area contributed by atoms with Crippen molar-refractivity contribution in [1.82, 2.24) is 10.2 Å². The van der Waals surface area contributed by atoms with Gasteiger partial charge in [0, 0.05) is 17.7 Å². The summed E-state index contributed by atoms with van der Waals surface area (Å²) >= 11 is 0. The normalized spacial score (nSPS) is 10.9. The minimum absolute atomic E-state index is 0.647. The standard InChI is InChI=1S/C15H21N3/c1-9-7-10(2)14(11(3)8-9)15-12(4)13(5-6-16)17-18-15/h7-8H,5-6,16H2,1-4H3,(H,17,18). The fraction of sp³-hybridized carbons (Fsp3) is 0.400. The topological polar surface area (TPSA) is 54.7 Å². The number of rotatable bonds is 3. The molecule has 0 aliphatic heterocycles. The van der Waals surface area contributed by atoms with Crippen molar-refractivity contribution in [3.05, 3.63) is 40.1 Å². The molecule has 3 heteroatoms. The molecule has 0 fully saturated rings. The highest BCUT2D eigenvalue weighted by Crippen LogP contribution is 2.30. The Hall–Kier alpha value is -1.61. The maximum Gasteiger partial charge on any atom is 0.0957 e.